The van der Waals surface area contributed by atoms with E-state index in [0.717, 1.165) is 34.7 Å². The van der Waals surface area contributed by atoms with E-state index < -0.39 is 0 Å². The number of pyridine rings is 1. The van der Waals surface area contributed by atoms with Gasteiger partial charge >= 0.3 is 0 Å². The molecule has 0 bridgehead atoms. The third-order valence-corrected chi connectivity index (χ3v) is 3.77. The Morgan fingerprint density at radius 3 is 2.68 bits per heavy atom. The van der Waals surface area contributed by atoms with E-state index in [9.17, 15) is 0 Å². The Kier molecular flexibility index (Phi) is 3.60. The van der Waals surface area contributed by atoms with Crippen molar-refractivity contribution in [2.75, 3.05) is 0 Å². The highest BCUT2D eigenvalue weighted by atomic mass is 79.9. The Hall–Kier alpha value is -1.29. The highest BCUT2D eigenvalue weighted by molar-refractivity contribution is 9.10. The van der Waals surface area contributed by atoms with Gasteiger partial charge in [-0.25, -0.2) is 9.97 Å². The number of nitrogens with zero attached hydrogens (tertiary/aromatic N) is 3. The molecule has 4 heteroatoms. The largest absolute Gasteiger partial charge is 0.261 e. The van der Waals surface area contributed by atoms with E-state index in [0.29, 0.717) is 5.92 Å². The van der Waals surface area contributed by atoms with Crippen LogP contribution >= 0.6 is 15.9 Å². The van der Waals surface area contributed by atoms with Crippen molar-refractivity contribution in [1.29, 1.82) is 0 Å². The van der Waals surface area contributed by atoms with Gasteiger partial charge in [0.15, 0.2) is 0 Å². The first-order chi connectivity index (χ1) is 9.24. The van der Waals surface area contributed by atoms with Crippen molar-refractivity contribution in [3.05, 3.63) is 51.8 Å². The predicted octanol–water partition coefficient (Wildman–Crippen LogP) is 3.66. The molecular weight excluding hydrogens is 302 g/mol. The van der Waals surface area contributed by atoms with Crippen molar-refractivity contribution in [3.8, 4) is 0 Å². The summed E-state index contributed by atoms with van der Waals surface area (Å²) in [7, 11) is 0. The van der Waals surface area contributed by atoms with Gasteiger partial charge in [0, 0.05) is 24.2 Å². The van der Waals surface area contributed by atoms with Gasteiger partial charge in [-0.15, -0.1) is 0 Å². The average Bonchev–Trinajstić information content (AvgIpc) is 3.23. The molecule has 0 amide bonds. The fraction of sp³-hybridized carbons (Fsp3) is 0.400. The number of hydrogen-bond donors (Lipinski definition) is 0. The van der Waals surface area contributed by atoms with Crippen molar-refractivity contribution < 1.29 is 0 Å². The molecule has 0 saturated heterocycles. The van der Waals surface area contributed by atoms with Gasteiger partial charge in [-0.3, -0.25) is 4.98 Å². The minimum Gasteiger partial charge on any atom is -0.261 e. The zero-order valence-corrected chi connectivity index (χ0v) is 12.5. The summed E-state index contributed by atoms with van der Waals surface area (Å²) in [4.78, 5) is 13.6. The second-order valence-corrected chi connectivity index (χ2v) is 5.82. The molecule has 0 spiro atoms. The maximum Gasteiger partial charge on any atom is 0.132 e. The van der Waals surface area contributed by atoms with E-state index >= 15 is 0 Å². The molecule has 0 atom stereocenters. The van der Waals surface area contributed by atoms with Gasteiger partial charge in [-0.05, 0) is 52.9 Å². The van der Waals surface area contributed by atoms with Crippen molar-refractivity contribution in [2.45, 2.75) is 38.5 Å². The van der Waals surface area contributed by atoms with Gasteiger partial charge in [-0.1, -0.05) is 13.0 Å². The van der Waals surface area contributed by atoms with Crippen molar-refractivity contribution in [2.24, 2.45) is 0 Å². The van der Waals surface area contributed by atoms with Gasteiger partial charge in [0.25, 0.3) is 0 Å². The van der Waals surface area contributed by atoms with E-state index in [1.165, 1.54) is 18.4 Å². The van der Waals surface area contributed by atoms with Crippen LogP contribution in [0, 0.1) is 0 Å². The molecular formula is C15H16BrN3. The lowest BCUT2D eigenvalue weighted by molar-refractivity contribution is 0.868. The molecule has 2 heterocycles. The number of aromatic nitrogens is 3. The second-order valence-electron chi connectivity index (χ2n) is 5.00. The van der Waals surface area contributed by atoms with Crippen LogP contribution in [0.2, 0.25) is 0 Å². The fourth-order valence-corrected chi connectivity index (χ4v) is 2.50. The maximum absolute atomic E-state index is 4.65. The van der Waals surface area contributed by atoms with Gasteiger partial charge in [0.2, 0.25) is 0 Å². The fourth-order valence-electron chi connectivity index (χ4n) is 2.05. The molecule has 1 aliphatic rings. The first kappa shape index (κ1) is 12.7. The van der Waals surface area contributed by atoms with Crippen LogP contribution in [0.5, 0.6) is 0 Å². The minimum absolute atomic E-state index is 0.576. The molecule has 0 aromatic carbocycles. The summed E-state index contributed by atoms with van der Waals surface area (Å²) in [6, 6.07) is 6.22. The molecule has 0 unspecified atom stereocenters. The lowest BCUT2D eigenvalue weighted by atomic mass is 10.1. The van der Waals surface area contributed by atoms with E-state index in [4.69, 9.17) is 0 Å². The Labute approximate surface area is 121 Å². The van der Waals surface area contributed by atoms with Gasteiger partial charge in [0.05, 0.1) is 5.69 Å². The molecule has 2 aromatic rings. The maximum atomic E-state index is 4.65. The molecule has 19 heavy (non-hydrogen) atoms. The van der Waals surface area contributed by atoms with E-state index in [2.05, 4.69) is 49.9 Å². The summed E-state index contributed by atoms with van der Waals surface area (Å²) in [5.41, 5.74) is 3.37. The van der Waals surface area contributed by atoms with E-state index in [1.54, 1.807) is 0 Å². The molecule has 0 N–H and O–H groups in total. The summed E-state index contributed by atoms with van der Waals surface area (Å²) < 4.78 is 0.879. The van der Waals surface area contributed by atoms with Crippen molar-refractivity contribution in [3.63, 3.8) is 0 Å². The second kappa shape index (κ2) is 5.37. The molecule has 1 fully saturated rings. The number of halogens is 1. The topological polar surface area (TPSA) is 38.7 Å². The van der Waals surface area contributed by atoms with Crippen LogP contribution in [0.15, 0.2) is 29.0 Å². The lowest BCUT2D eigenvalue weighted by Crippen LogP contribution is -2.01. The Morgan fingerprint density at radius 2 is 2.05 bits per heavy atom. The quantitative estimate of drug-likeness (QED) is 0.808. The number of rotatable bonds is 4. The first-order valence-electron chi connectivity index (χ1n) is 6.71. The zero-order chi connectivity index (χ0) is 13.2. The normalized spacial score (nSPS) is 14.6. The van der Waals surface area contributed by atoms with Crippen LogP contribution < -0.4 is 0 Å². The molecule has 0 aliphatic heterocycles. The predicted molar refractivity (Wildman–Crippen MR) is 78.1 cm³/mol. The van der Waals surface area contributed by atoms with Crippen molar-refractivity contribution >= 4 is 15.9 Å². The molecule has 2 aromatic heterocycles. The summed E-state index contributed by atoms with van der Waals surface area (Å²) >= 11 is 3.47. The molecule has 1 saturated carbocycles. The van der Waals surface area contributed by atoms with Gasteiger partial charge in [-0.2, -0.15) is 0 Å². The number of hydrogen-bond acceptors (Lipinski definition) is 3. The van der Waals surface area contributed by atoms with E-state index in [1.807, 2.05) is 12.3 Å². The Morgan fingerprint density at radius 1 is 1.21 bits per heavy atom. The smallest absolute Gasteiger partial charge is 0.132 e. The summed E-state index contributed by atoms with van der Waals surface area (Å²) in [6.45, 7) is 2.14. The first-order valence-corrected chi connectivity index (χ1v) is 7.51. The molecule has 98 valence electrons. The van der Waals surface area contributed by atoms with Crippen molar-refractivity contribution in [1.82, 2.24) is 15.0 Å². The summed E-state index contributed by atoms with van der Waals surface area (Å²) in [5.74, 6) is 1.56. The van der Waals surface area contributed by atoms with E-state index in [-0.39, 0.29) is 0 Å². The highest BCUT2D eigenvalue weighted by Gasteiger charge is 2.27. The minimum atomic E-state index is 0.576. The number of aryl methyl sites for hydroxylation is 1. The average molecular weight is 318 g/mol. The zero-order valence-electron chi connectivity index (χ0n) is 10.9. The molecule has 0 radical (unpaired) electrons. The summed E-state index contributed by atoms with van der Waals surface area (Å²) in [5, 5.41) is 0. The molecule has 1 aliphatic carbocycles. The third-order valence-electron chi connectivity index (χ3n) is 3.36. The monoisotopic (exact) mass is 317 g/mol. The molecule has 3 nitrogen and oxygen atoms in total. The standard InChI is InChI=1S/C15H16BrN3/c1-2-10-3-6-12(17-9-10)7-13-8-14(16)19-15(18-13)11-4-5-11/h3,6,8-9,11H,2,4-5,7H2,1H3. The van der Waals surface area contributed by atoms with Crippen LogP contribution in [0.3, 0.4) is 0 Å². The van der Waals surface area contributed by atoms with Crippen LogP contribution in [0.4, 0.5) is 0 Å². The van der Waals surface area contributed by atoms with Crippen LogP contribution in [0.25, 0.3) is 0 Å². The Balaban J connectivity index is 1.81. The van der Waals surface area contributed by atoms with Gasteiger partial charge < -0.3 is 0 Å². The van der Waals surface area contributed by atoms with Gasteiger partial charge in [0.1, 0.15) is 10.4 Å². The lowest BCUT2D eigenvalue weighted by Gasteiger charge is -2.05. The molecule has 3 rings (SSSR count). The van der Waals surface area contributed by atoms with Crippen LogP contribution in [0.1, 0.15) is 48.5 Å². The summed E-state index contributed by atoms with van der Waals surface area (Å²) in [6.07, 6.45) is 6.19. The van der Waals surface area contributed by atoms with Crippen LogP contribution in [-0.2, 0) is 12.8 Å². The Bertz CT molecular complexity index is 576. The third kappa shape index (κ3) is 3.18. The highest BCUT2D eigenvalue weighted by Crippen LogP contribution is 2.38. The SMILES string of the molecule is CCc1ccc(Cc2cc(Br)nc(C3CC3)n2)nc1. The van der Waals surface area contributed by atoms with Crippen LogP contribution in [-0.4, -0.2) is 15.0 Å².